The molecule has 1 aromatic rings. The Balaban J connectivity index is 2.39. The number of halogens is 1. The van der Waals surface area contributed by atoms with Crippen LogP contribution in [0.2, 0.25) is 0 Å². The van der Waals surface area contributed by atoms with Crippen molar-refractivity contribution in [1.29, 1.82) is 0 Å². The summed E-state index contributed by atoms with van der Waals surface area (Å²) in [5.74, 6) is -0.497. The summed E-state index contributed by atoms with van der Waals surface area (Å²) in [6.45, 7) is -0.171. The van der Waals surface area contributed by atoms with Crippen molar-refractivity contribution in [2.45, 2.75) is 11.7 Å². The summed E-state index contributed by atoms with van der Waals surface area (Å²) in [5.41, 5.74) is -0.163. The van der Waals surface area contributed by atoms with Crippen LogP contribution in [0.3, 0.4) is 0 Å². The molecule has 9 heteroatoms. The number of nitro groups is 1. The first kappa shape index (κ1) is 13.8. The molecule has 1 heterocycles. The molecule has 1 saturated heterocycles. The van der Waals surface area contributed by atoms with Crippen LogP contribution >= 0.6 is 10.7 Å². The van der Waals surface area contributed by atoms with Crippen LogP contribution in [0.4, 0.5) is 11.4 Å². The van der Waals surface area contributed by atoms with Crippen molar-refractivity contribution in [1.82, 2.24) is 0 Å². The molecule has 1 aliphatic heterocycles. The number of rotatable bonds is 3. The van der Waals surface area contributed by atoms with Gasteiger partial charge in [-0.15, -0.1) is 0 Å². The fraction of sp³-hybridized carbons (Fsp3) is 0.300. The molecule has 19 heavy (non-hydrogen) atoms. The second-order valence-electron chi connectivity index (χ2n) is 4.05. The molecule has 1 aromatic carbocycles. The van der Waals surface area contributed by atoms with Gasteiger partial charge >= 0.3 is 0 Å². The van der Waals surface area contributed by atoms with Gasteiger partial charge in [-0.25, -0.2) is 8.42 Å². The summed E-state index contributed by atoms with van der Waals surface area (Å²) in [6.07, 6.45) is -0.266. The van der Waals surface area contributed by atoms with Gasteiger partial charge in [-0.05, 0) is 6.07 Å². The van der Waals surface area contributed by atoms with Gasteiger partial charge in [0, 0.05) is 29.7 Å². The molecule has 0 N–H and O–H groups in total. The van der Waals surface area contributed by atoms with Crippen LogP contribution in [0.25, 0.3) is 0 Å². The lowest BCUT2D eigenvalue weighted by atomic mass is 10.2. The predicted molar refractivity (Wildman–Crippen MR) is 68.6 cm³/mol. The zero-order valence-electron chi connectivity index (χ0n) is 9.52. The summed E-state index contributed by atoms with van der Waals surface area (Å²) in [5, 5.41) is 9.85. The van der Waals surface area contributed by atoms with Gasteiger partial charge in [0.05, 0.1) is 4.92 Å². The van der Waals surface area contributed by atoms with E-state index < -0.39 is 25.1 Å². The lowest BCUT2D eigenvalue weighted by Gasteiger charge is -2.15. The third kappa shape index (κ3) is 2.69. The maximum absolute atomic E-state index is 11.8. The molecular formula is C10H9ClN2O5S. The smallest absolute Gasteiger partial charge is 0.292 e. The summed E-state index contributed by atoms with van der Waals surface area (Å²) in [7, 11) is 1.35. The Hall–Kier alpha value is -1.67. The fourth-order valence-corrected chi connectivity index (χ4v) is 2.97. The summed E-state index contributed by atoms with van der Waals surface area (Å²) in [4.78, 5) is 23.1. The minimum absolute atomic E-state index is 0.0836. The van der Waals surface area contributed by atoms with Crippen LogP contribution < -0.4 is 4.90 Å². The number of nitro benzene ring substituents is 1. The van der Waals surface area contributed by atoms with Gasteiger partial charge in [0.15, 0.2) is 0 Å². The van der Waals surface area contributed by atoms with E-state index in [4.69, 9.17) is 10.7 Å². The molecule has 1 atom stereocenters. The third-order valence-corrected chi connectivity index (χ3v) is 4.72. The number of para-hydroxylation sites is 2. The van der Waals surface area contributed by atoms with Crippen LogP contribution in [0, 0.1) is 10.1 Å². The van der Waals surface area contributed by atoms with Crippen molar-refractivity contribution in [2.75, 3.05) is 11.4 Å². The van der Waals surface area contributed by atoms with Gasteiger partial charge in [0.2, 0.25) is 15.0 Å². The van der Waals surface area contributed by atoms with Crippen LogP contribution in [-0.4, -0.2) is 31.0 Å². The molecule has 0 spiro atoms. The highest BCUT2D eigenvalue weighted by Gasteiger charge is 2.39. The number of carbonyl (C=O) groups excluding carboxylic acids is 1. The maximum atomic E-state index is 11.8. The summed E-state index contributed by atoms with van der Waals surface area (Å²) < 4.78 is 22.5. The van der Waals surface area contributed by atoms with E-state index in [1.54, 1.807) is 0 Å². The molecular weight excluding hydrogens is 296 g/mol. The molecule has 102 valence electrons. The van der Waals surface area contributed by atoms with E-state index >= 15 is 0 Å². The normalized spacial score (nSPS) is 19.7. The summed E-state index contributed by atoms with van der Waals surface area (Å²) in [6, 6.07) is 5.67. The Morgan fingerprint density at radius 1 is 1.37 bits per heavy atom. The number of nitrogens with zero attached hydrogens (tertiary/aromatic N) is 2. The highest BCUT2D eigenvalue weighted by Crippen LogP contribution is 2.33. The molecule has 0 aliphatic carbocycles. The zero-order chi connectivity index (χ0) is 14.2. The van der Waals surface area contributed by atoms with E-state index in [0.29, 0.717) is 0 Å². The Labute approximate surface area is 113 Å². The number of hydrogen-bond donors (Lipinski definition) is 0. The monoisotopic (exact) mass is 304 g/mol. The fourth-order valence-electron chi connectivity index (χ4n) is 1.94. The van der Waals surface area contributed by atoms with E-state index in [-0.39, 0.29) is 24.3 Å². The number of benzene rings is 1. The topological polar surface area (TPSA) is 97.6 Å². The van der Waals surface area contributed by atoms with Gasteiger partial charge in [0.1, 0.15) is 10.9 Å². The number of hydrogen-bond acceptors (Lipinski definition) is 5. The molecule has 1 unspecified atom stereocenters. The minimum atomic E-state index is -3.87. The quantitative estimate of drug-likeness (QED) is 0.476. The Bertz CT molecular complexity index is 645. The second-order valence-corrected chi connectivity index (χ2v) is 6.96. The first-order chi connectivity index (χ1) is 8.80. The largest absolute Gasteiger partial charge is 0.305 e. The van der Waals surface area contributed by atoms with Crippen molar-refractivity contribution >= 4 is 37.0 Å². The lowest BCUT2D eigenvalue weighted by Crippen LogP contribution is -2.27. The molecule has 1 aliphatic rings. The SMILES string of the molecule is O=C1CC(S(=O)(=O)Cl)CN1c1ccccc1[N+](=O)[O-]. The number of anilines is 1. The highest BCUT2D eigenvalue weighted by atomic mass is 35.7. The van der Waals surface area contributed by atoms with Crippen LogP contribution in [0.5, 0.6) is 0 Å². The van der Waals surface area contributed by atoms with Crippen molar-refractivity contribution in [3.63, 3.8) is 0 Å². The van der Waals surface area contributed by atoms with E-state index in [2.05, 4.69) is 0 Å². The van der Waals surface area contributed by atoms with E-state index in [1.165, 1.54) is 24.3 Å². The standard InChI is InChI=1S/C10H9ClN2O5S/c11-19(17,18)7-5-10(14)12(6-7)8-3-1-2-4-9(8)13(15)16/h1-4,7H,5-6H2. The van der Waals surface area contributed by atoms with Gasteiger partial charge in [-0.1, -0.05) is 12.1 Å². The minimum Gasteiger partial charge on any atom is -0.305 e. The highest BCUT2D eigenvalue weighted by molar-refractivity contribution is 8.14. The maximum Gasteiger partial charge on any atom is 0.292 e. The second kappa shape index (κ2) is 4.78. The number of carbonyl (C=O) groups is 1. The molecule has 1 fully saturated rings. The lowest BCUT2D eigenvalue weighted by molar-refractivity contribution is -0.384. The van der Waals surface area contributed by atoms with Crippen LogP contribution in [0.15, 0.2) is 24.3 Å². The zero-order valence-corrected chi connectivity index (χ0v) is 11.1. The molecule has 7 nitrogen and oxygen atoms in total. The molecule has 0 aromatic heterocycles. The first-order valence-corrected chi connectivity index (χ1v) is 7.65. The predicted octanol–water partition coefficient (Wildman–Crippen LogP) is 1.27. The van der Waals surface area contributed by atoms with E-state index in [1.807, 2.05) is 0 Å². The van der Waals surface area contributed by atoms with Crippen LogP contribution in [-0.2, 0) is 13.8 Å². The molecule has 2 rings (SSSR count). The third-order valence-electron chi connectivity index (χ3n) is 2.86. The Morgan fingerprint density at radius 2 is 2.00 bits per heavy atom. The average molecular weight is 305 g/mol. The Morgan fingerprint density at radius 3 is 2.53 bits per heavy atom. The molecule has 0 radical (unpaired) electrons. The van der Waals surface area contributed by atoms with E-state index in [0.717, 1.165) is 4.90 Å². The molecule has 1 amide bonds. The van der Waals surface area contributed by atoms with Gasteiger partial charge in [-0.2, -0.15) is 0 Å². The first-order valence-electron chi connectivity index (χ1n) is 5.28. The average Bonchev–Trinajstić information content (AvgIpc) is 2.71. The molecule has 0 saturated carbocycles. The van der Waals surface area contributed by atoms with Crippen molar-refractivity contribution in [2.24, 2.45) is 0 Å². The molecule has 0 bridgehead atoms. The van der Waals surface area contributed by atoms with Crippen molar-refractivity contribution in [3.8, 4) is 0 Å². The van der Waals surface area contributed by atoms with Gasteiger partial charge in [0.25, 0.3) is 5.69 Å². The summed E-state index contributed by atoms with van der Waals surface area (Å²) >= 11 is 0. The number of amides is 1. The van der Waals surface area contributed by atoms with Gasteiger partial charge in [-0.3, -0.25) is 14.9 Å². The Kier molecular flexibility index (Phi) is 3.46. The van der Waals surface area contributed by atoms with Crippen molar-refractivity contribution < 1.29 is 18.1 Å². The van der Waals surface area contributed by atoms with Crippen molar-refractivity contribution in [3.05, 3.63) is 34.4 Å². The van der Waals surface area contributed by atoms with Crippen LogP contribution in [0.1, 0.15) is 6.42 Å². The van der Waals surface area contributed by atoms with Gasteiger partial charge < -0.3 is 4.90 Å². The van der Waals surface area contributed by atoms with E-state index in [9.17, 15) is 23.3 Å².